The molecule has 2 rings (SSSR count). The molecule has 0 aliphatic heterocycles. The van der Waals surface area contributed by atoms with E-state index in [2.05, 4.69) is 16.6 Å². The van der Waals surface area contributed by atoms with Crippen LogP contribution in [0.3, 0.4) is 0 Å². The van der Waals surface area contributed by atoms with Crippen molar-refractivity contribution in [3.05, 3.63) is 10.0 Å². The summed E-state index contributed by atoms with van der Waals surface area (Å²) >= 11 is 8.98. The van der Waals surface area contributed by atoms with Gasteiger partial charge in [0.25, 0.3) is 0 Å². The van der Waals surface area contributed by atoms with Gasteiger partial charge in [-0.1, -0.05) is 22.9 Å². The number of anilines is 1. The minimum atomic E-state index is 0.305. The summed E-state index contributed by atoms with van der Waals surface area (Å²) < 4.78 is 0.394. The second-order valence-electron chi connectivity index (χ2n) is 3.49. The molecule has 0 bridgehead atoms. The van der Waals surface area contributed by atoms with Crippen molar-refractivity contribution in [1.82, 2.24) is 4.98 Å². The minimum Gasteiger partial charge on any atom is -0.360 e. The quantitative estimate of drug-likeness (QED) is 0.903. The normalized spacial score (nSPS) is 17.1. The molecular weight excluding hydrogens is 250 g/mol. The van der Waals surface area contributed by atoms with Crippen LogP contribution in [-0.4, -0.2) is 22.5 Å². The second-order valence-corrected chi connectivity index (χ2v) is 6.12. The molecule has 1 aromatic rings. The molecule has 15 heavy (non-hydrogen) atoms. The molecule has 0 aromatic carbocycles. The first kappa shape index (κ1) is 11.1. The van der Waals surface area contributed by atoms with Crippen molar-refractivity contribution >= 4 is 39.8 Å². The van der Waals surface area contributed by atoms with Gasteiger partial charge in [0.05, 0.1) is 0 Å². The van der Waals surface area contributed by atoms with Crippen LogP contribution in [0.5, 0.6) is 0 Å². The Morgan fingerprint density at radius 3 is 2.93 bits per heavy atom. The largest absolute Gasteiger partial charge is 0.360 e. The summed E-state index contributed by atoms with van der Waals surface area (Å²) in [5.74, 6) is 0. The van der Waals surface area contributed by atoms with Crippen LogP contribution in [0.2, 0.25) is 5.15 Å². The predicted molar refractivity (Wildman–Crippen MR) is 65.8 cm³/mol. The average Bonchev–Trinajstić information content (AvgIpc) is 2.94. The Kier molecular flexibility index (Phi) is 3.10. The van der Waals surface area contributed by atoms with Crippen LogP contribution >= 0.6 is 34.7 Å². The molecule has 1 N–H and O–H groups in total. The molecule has 1 aromatic heterocycles. The smallest absolute Gasteiger partial charge is 0.185 e. The van der Waals surface area contributed by atoms with Gasteiger partial charge in [-0.25, -0.2) is 4.98 Å². The Hall–Kier alpha value is -0.440. The highest BCUT2D eigenvalue weighted by Gasteiger charge is 2.41. The van der Waals surface area contributed by atoms with E-state index >= 15 is 0 Å². The summed E-state index contributed by atoms with van der Waals surface area (Å²) in [5.41, 5.74) is 0. The molecule has 1 aliphatic carbocycles. The molecular formula is C9H10ClN3S2. The number of nitrogens with one attached hydrogen (secondary N) is 1. The van der Waals surface area contributed by atoms with Crippen molar-refractivity contribution in [2.24, 2.45) is 0 Å². The van der Waals surface area contributed by atoms with Crippen LogP contribution < -0.4 is 5.32 Å². The summed E-state index contributed by atoms with van der Waals surface area (Å²) in [6.45, 7) is 0.906. The Balaban J connectivity index is 1.97. The van der Waals surface area contributed by atoms with Gasteiger partial charge < -0.3 is 5.32 Å². The van der Waals surface area contributed by atoms with Crippen molar-refractivity contribution in [3.63, 3.8) is 0 Å². The number of nitrogens with zero attached hydrogens (tertiary/aromatic N) is 2. The van der Waals surface area contributed by atoms with E-state index < -0.39 is 0 Å². The molecule has 1 saturated carbocycles. The Bertz CT molecular complexity index is 406. The summed E-state index contributed by atoms with van der Waals surface area (Å²) in [6.07, 6.45) is 4.64. The van der Waals surface area contributed by atoms with Crippen molar-refractivity contribution in [1.29, 1.82) is 5.26 Å². The van der Waals surface area contributed by atoms with E-state index in [-0.39, 0.29) is 0 Å². The minimum absolute atomic E-state index is 0.305. The van der Waals surface area contributed by atoms with E-state index in [1.54, 1.807) is 0 Å². The SMILES string of the molecule is CSC1(CNc2nc(Cl)c(C#N)s2)CC1. The molecule has 1 heterocycles. The highest BCUT2D eigenvalue weighted by atomic mass is 35.5. The maximum atomic E-state index is 8.72. The third-order valence-electron chi connectivity index (χ3n) is 2.49. The van der Waals surface area contributed by atoms with Crippen molar-refractivity contribution in [2.75, 3.05) is 18.1 Å². The summed E-state index contributed by atoms with van der Waals surface area (Å²) in [5, 5.41) is 13.0. The fourth-order valence-electron chi connectivity index (χ4n) is 1.28. The third kappa shape index (κ3) is 2.39. The predicted octanol–water partition coefficient (Wildman–Crippen LogP) is 2.98. The van der Waals surface area contributed by atoms with Gasteiger partial charge in [-0.3, -0.25) is 0 Å². The zero-order valence-corrected chi connectivity index (χ0v) is 10.6. The van der Waals surface area contributed by atoms with Crippen molar-refractivity contribution < 1.29 is 0 Å². The summed E-state index contributed by atoms with van der Waals surface area (Å²) in [7, 11) is 0. The van der Waals surface area contributed by atoms with Crippen molar-refractivity contribution in [3.8, 4) is 6.07 Å². The zero-order chi connectivity index (χ0) is 10.9. The first-order valence-electron chi connectivity index (χ1n) is 4.54. The maximum absolute atomic E-state index is 8.72. The number of hydrogen-bond donors (Lipinski definition) is 1. The number of rotatable bonds is 4. The molecule has 0 saturated heterocycles. The molecule has 0 spiro atoms. The average molecular weight is 260 g/mol. The third-order valence-corrected chi connectivity index (χ3v) is 5.21. The second kappa shape index (κ2) is 4.20. The van der Waals surface area contributed by atoms with Crippen LogP contribution in [-0.2, 0) is 0 Å². The van der Waals surface area contributed by atoms with E-state index in [0.29, 0.717) is 14.8 Å². The standard InChI is InChI=1S/C9H10ClN3S2/c1-14-9(2-3-9)5-12-8-13-7(10)6(4-11)15-8/h2-3,5H2,1H3,(H,12,13). The van der Waals surface area contributed by atoms with E-state index in [1.165, 1.54) is 24.2 Å². The number of hydrogen-bond acceptors (Lipinski definition) is 5. The van der Waals surface area contributed by atoms with Gasteiger partial charge in [-0.15, -0.1) is 0 Å². The first-order chi connectivity index (χ1) is 7.19. The molecule has 1 fully saturated rings. The van der Waals surface area contributed by atoms with Gasteiger partial charge in [0.2, 0.25) is 0 Å². The van der Waals surface area contributed by atoms with Gasteiger partial charge in [-0.05, 0) is 19.1 Å². The van der Waals surface area contributed by atoms with Crippen molar-refractivity contribution in [2.45, 2.75) is 17.6 Å². The van der Waals surface area contributed by atoms with E-state index in [0.717, 1.165) is 11.7 Å². The summed E-state index contributed by atoms with van der Waals surface area (Å²) in [4.78, 5) is 4.57. The van der Waals surface area contributed by atoms with Crippen LogP contribution in [0, 0.1) is 11.3 Å². The number of nitriles is 1. The molecule has 0 radical (unpaired) electrons. The molecule has 1 aliphatic rings. The highest BCUT2D eigenvalue weighted by molar-refractivity contribution is 8.00. The van der Waals surface area contributed by atoms with E-state index in [1.807, 2.05) is 17.8 Å². The van der Waals surface area contributed by atoms with Gasteiger partial charge in [-0.2, -0.15) is 17.0 Å². The lowest BCUT2D eigenvalue weighted by Crippen LogP contribution is -2.17. The Morgan fingerprint density at radius 1 is 1.73 bits per heavy atom. The van der Waals surface area contributed by atoms with E-state index in [9.17, 15) is 0 Å². The first-order valence-corrected chi connectivity index (χ1v) is 6.96. The number of thioether (sulfide) groups is 1. The fourth-order valence-corrected chi connectivity index (χ4v) is 2.94. The molecule has 0 amide bonds. The van der Waals surface area contributed by atoms with Gasteiger partial charge >= 0.3 is 0 Å². The Morgan fingerprint density at radius 2 is 2.47 bits per heavy atom. The maximum Gasteiger partial charge on any atom is 0.185 e. The number of aromatic nitrogens is 1. The van der Waals surface area contributed by atoms with Crippen LogP contribution in [0.25, 0.3) is 0 Å². The van der Waals surface area contributed by atoms with Gasteiger partial charge in [0.1, 0.15) is 10.9 Å². The topological polar surface area (TPSA) is 48.7 Å². The van der Waals surface area contributed by atoms with E-state index in [4.69, 9.17) is 16.9 Å². The number of thiazole rings is 1. The lowest BCUT2D eigenvalue weighted by Gasteiger charge is -2.11. The molecule has 6 heteroatoms. The van der Waals surface area contributed by atoms with Crippen LogP contribution in [0.15, 0.2) is 0 Å². The summed E-state index contributed by atoms with van der Waals surface area (Å²) in [6, 6.07) is 2.02. The lowest BCUT2D eigenvalue weighted by atomic mass is 10.4. The van der Waals surface area contributed by atoms with Crippen LogP contribution in [0.1, 0.15) is 17.7 Å². The van der Waals surface area contributed by atoms with Gasteiger partial charge in [0.15, 0.2) is 10.3 Å². The highest BCUT2D eigenvalue weighted by Crippen LogP contribution is 2.47. The zero-order valence-electron chi connectivity index (χ0n) is 8.21. The number of halogens is 1. The van der Waals surface area contributed by atoms with Crippen LogP contribution in [0.4, 0.5) is 5.13 Å². The molecule has 0 unspecified atom stereocenters. The van der Waals surface area contributed by atoms with Gasteiger partial charge in [0, 0.05) is 11.3 Å². The monoisotopic (exact) mass is 259 g/mol. The molecule has 0 atom stereocenters. The Labute approximate surface area is 102 Å². The molecule has 3 nitrogen and oxygen atoms in total. The lowest BCUT2D eigenvalue weighted by molar-refractivity contribution is 0.946. The molecule has 80 valence electrons. The fraction of sp³-hybridized carbons (Fsp3) is 0.556.